The summed E-state index contributed by atoms with van der Waals surface area (Å²) < 4.78 is 5.40. The van der Waals surface area contributed by atoms with Crippen molar-refractivity contribution in [3.05, 3.63) is 33.9 Å². The molecule has 3 heterocycles. The van der Waals surface area contributed by atoms with Crippen LogP contribution >= 0.6 is 0 Å². The fraction of sp³-hybridized carbons (Fsp3) is 0.444. The van der Waals surface area contributed by atoms with E-state index in [9.17, 15) is 15.2 Å². The summed E-state index contributed by atoms with van der Waals surface area (Å²) in [6.07, 6.45) is 3.60. The smallest absolute Gasteiger partial charge is 0.311 e. The topological polar surface area (TPSA) is 142 Å². The van der Waals surface area contributed by atoms with Crippen LogP contribution in [0.5, 0.6) is 5.75 Å². The van der Waals surface area contributed by atoms with Gasteiger partial charge in [-0.1, -0.05) is 0 Å². The minimum Gasteiger partial charge on any atom is -0.502 e. The van der Waals surface area contributed by atoms with Crippen molar-refractivity contribution < 1.29 is 14.8 Å². The van der Waals surface area contributed by atoms with E-state index in [-0.39, 0.29) is 11.6 Å². The molecule has 12 nitrogen and oxygen atoms in total. The Hall–Kier alpha value is -3.54. The average molecular weight is 414 g/mol. The van der Waals surface area contributed by atoms with Crippen molar-refractivity contribution in [1.29, 1.82) is 0 Å². The Bertz CT molecular complexity index is 942. The summed E-state index contributed by atoms with van der Waals surface area (Å²) in [6.45, 7) is 4.42. The van der Waals surface area contributed by atoms with Gasteiger partial charge < -0.3 is 19.6 Å². The molecule has 0 saturated carbocycles. The van der Waals surface area contributed by atoms with E-state index in [0.29, 0.717) is 43.8 Å². The highest BCUT2D eigenvalue weighted by molar-refractivity contribution is 5.81. The van der Waals surface area contributed by atoms with Gasteiger partial charge in [-0.25, -0.2) is 5.43 Å². The highest BCUT2D eigenvalue weighted by Crippen LogP contribution is 2.25. The minimum absolute atomic E-state index is 0.290. The molecule has 30 heavy (non-hydrogen) atoms. The van der Waals surface area contributed by atoms with E-state index >= 15 is 0 Å². The van der Waals surface area contributed by atoms with Crippen molar-refractivity contribution in [2.24, 2.45) is 5.10 Å². The van der Waals surface area contributed by atoms with Crippen LogP contribution in [0.2, 0.25) is 0 Å². The summed E-state index contributed by atoms with van der Waals surface area (Å²) in [5.41, 5.74) is 2.86. The molecule has 0 spiro atoms. The van der Waals surface area contributed by atoms with Crippen molar-refractivity contribution in [1.82, 2.24) is 15.0 Å². The molecule has 0 amide bonds. The molecular formula is C18H22N8O4. The first-order valence-electron chi connectivity index (χ1n) is 9.70. The number of benzene rings is 1. The molecule has 4 rings (SSSR count). The molecule has 2 fully saturated rings. The summed E-state index contributed by atoms with van der Waals surface area (Å²) >= 11 is 0. The van der Waals surface area contributed by atoms with Crippen molar-refractivity contribution >= 4 is 29.7 Å². The zero-order chi connectivity index (χ0) is 20.9. The van der Waals surface area contributed by atoms with E-state index in [1.165, 1.54) is 24.4 Å². The predicted molar refractivity (Wildman–Crippen MR) is 110 cm³/mol. The number of phenolic OH excluding ortho intramolecular Hbond substituents is 1. The Labute approximate surface area is 172 Å². The first kappa shape index (κ1) is 19.8. The number of anilines is 3. The Morgan fingerprint density at radius 3 is 2.43 bits per heavy atom. The molecule has 1 aromatic carbocycles. The third kappa shape index (κ3) is 4.54. The number of aromatic nitrogens is 3. The second-order valence-electron chi connectivity index (χ2n) is 6.93. The lowest BCUT2D eigenvalue weighted by Crippen LogP contribution is -2.38. The maximum absolute atomic E-state index is 11.0. The predicted octanol–water partition coefficient (Wildman–Crippen LogP) is 1.37. The van der Waals surface area contributed by atoms with Gasteiger partial charge in [0.15, 0.2) is 5.75 Å². The van der Waals surface area contributed by atoms with Crippen LogP contribution in [-0.2, 0) is 4.74 Å². The van der Waals surface area contributed by atoms with Gasteiger partial charge in [-0.3, -0.25) is 10.1 Å². The summed E-state index contributed by atoms with van der Waals surface area (Å²) in [5, 5.41) is 24.6. The zero-order valence-corrected chi connectivity index (χ0v) is 16.3. The number of aromatic hydroxyl groups is 1. The van der Waals surface area contributed by atoms with Crippen molar-refractivity contribution in [2.75, 3.05) is 54.6 Å². The molecule has 0 aliphatic carbocycles. The normalized spacial score (nSPS) is 16.9. The monoisotopic (exact) mass is 414 g/mol. The van der Waals surface area contributed by atoms with Gasteiger partial charge in [-0.15, -0.1) is 0 Å². The molecule has 2 N–H and O–H groups in total. The van der Waals surface area contributed by atoms with Crippen molar-refractivity contribution in [3.63, 3.8) is 0 Å². The molecule has 0 bridgehead atoms. The summed E-state index contributed by atoms with van der Waals surface area (Å²) in [4.78, 5) is 28.0. The maximum Gasteiger partial charge on any atom is 0.311 e. The lowest BCUT2D eigenvalue weighted by molar-refractivity contribution is -0.385. The van der Waals surface area contributed by atoms with Crippen molar-refractivity contribution in [3.8, 4) is 5.75 Å². The molecule has 1 aromatic heterocycles. The number of hydrogen-bond acceptors (Lipinski definition) is 11. The van der Waals surface area contributed by atoms with Gasteiger partial charge >= 0.3 is 5.69 Å². The summed E-state index contributed by atoms with van der Waals surface area (Å²) in [6, 6.07) is 4.02. The summed E-state index contributed by atoms with van der Waals surface area (Å²) in [7, 11) is 0. The Morgan fingerprint density at radius 1 is 1.10 bits per heavy atom. The Kier molecular flexibility index (Phi) is 5.84. The summed E-state index contributed by atoms with van der Waals surface area (Å²) in [5.74, 6) is 1.06. The van der Waals surface area contributed by atoms with E-state index in [4.69, 9.17) is 4.74 Å². The molecule has 0 unspecified atom stereocenters. The van der Waals surface area contributed by atoms with Crippen LogP contribution in [0.1, 0.15) is 18.4 Å². The minimum atomic E-state index is -0.650. The molecule has 2 aliphatic heterocycles. The quantitative estimate of drug-likeness (QED) is 0.404. The third-order valence-corrected chi connectivity index (χ3v) is 4.87. The number of hydrazone groups is 1. The van der Waals surface area contributed by atoms with Gasteiger partial charge in [-0.2, -0.15) is 20.1 Å². The first-order valence-corrected chi connectivity index (χ1v) is 9.70. The number of nitro benzene ring substituents is 1. The molecule has 2 aliphatic rings. The van der Waals surface area contributed by atoms with Crippen LogP contribution in [0, 0.1) is 10.1 Å². The van der Waals surface area contributed by atoms with Gasteiger partial charge in [0, 0.05) is 37.8 Å². The SMILES string of the molecule is O=[N+]([O-])c1cc(/C=N/Nc2nc(N3CCCC3)nc(N3CCOCC3)n2)ccc1O. The molecule has 158 valence electrons. The van der Waals surface area contributed by atoms with E-state index in [2.05, 4.69) is 30.4 Å². The second-order valence-corrected chi connectivity index (χ2v) is 6.93. The van der Waals surface area contributed by atoms with Gasteiger partial charge in [0.05, 0.1) is 24.4 Å². The standard InChI is InChI=1S/C18H22N8O4/c27-15-4-3-13(11-14(15)26(28)29)12-19-23-16-20-17(24-5-1-2-6-24)22-18(21-16)25-7-9-30-10-8-25/h3-4,11-12,27H,1-2,5-10H2,(H,20,21,22,23)/b19-12+. The average Bonchev–Trinajstić information content (AvgIpc) is 3.30. The van der Waals surface area contributed by atoms with Gasteiger partial charge in [0.2, 0.25) is 17.8 Å². The van der Waals surface area contributed by atoms with Crippen LogP contribution in [0.25, 0.3) is 0 Å². The van der Waals surface area contributed by atoms with Gasteiger partial charge in [-0.05, 0) is 25.0 Å². The first-order chi connectivity index (χ1) is 14.6. The van der Waals surface area contributed by atoms with E-state index in [0.717, 1.165) is 25.9 Å². The molecule has 12 heteroatoms. The van der Waals surface area contributed by atoms with E-state index in [1.54, 1.807) is 0 Å². The fourth-order valence-electron chi connectivity index (χ4n) is 3.30. The zero-order valence-electron chi connectivity index (χ0n) is 16.3. The molecular weight excluding hydrogens is 392 g/mol. The van der Waals surface area contributed by atoms with Crippen LogP contribution < -0.4 is 15.2 Å². The van der Waals surface area contributed by atoms with Crippen LogP contribution in [0.4, 0.5) is 23.5 Å². The number of phenols is 1. The number of rotatable bonds is 6. The maximum atomic E-state index is 11.0. The third-order valence-electron chi connectivity index (χ3n) is 4.87. The fourth-order valence-corrected chi connectivity index (χ4v) is 3.30. The highest BCUT2D eigenvalue weighted by Gasteiger charge is 2.21. The second kappa shape index (κ2) is 8.86. The lowest BCUT2D eigenvalue weighted by Gasteiger charge is -2.27. The number of ether oxygens (including phenoxy) is 1. The van der Waals surface area contributed by atoms with Crippen LogP contribution in [-0.4, -0.2) is 70.6 Å². The molecule has 2 saturated heterocycles. The molecule has 0 atom stereocenters. The number of morpholine rings is 1. The van der Waals surface area contributed by atoms with Crippen LogP contribution in [0.3, 0.4) is 0 Å². The van der Waals surface area contributed by atoms with Crippen molar-refractivity contribution in [2.45, 2.75) is 12.8 Å². The number of nitro groups is 1. The largest absolute Gasteiger partial charge is 0.502 e. The Morgan fingerprint density at radius 2 is 1.77 bits per heavy atom. The number of nitrogens with one attached hydrogen (secondary N) is 1. The highest BCUT2D eigenvalue weighted by atomic mass is 16.6. The van der Waals surface area contributed by atoms with Gasteiger partial charge in [0.25, 0.3) is 0 Å². The number of hydrogen-bond donors (Lipinski definition) is 2. The van der Waals surface area contributed by atoms with E-state index in [1.807, 2.05) is 4.90 Å². The van der Waals surface area contributed by atoms with Gasteiger partial charge in [0.1, 0.15) is 0 Å². The Balaban J connectivity index is 1.55. The molecule has 2 aromatic rings. The number of nitrogens with zero attached hydrogens (tertiary/aromatic N) is 7. The van der Waals surface area contributed by atoms with Crippen LogP contribution in [0.15, 0.2) is 23.3 Å². The molecule has 0 radical (unpaired) electrons. The van der Waals surface area contributed by atoms with E-state index < -0.39 is 10.7 Å². The lowest BCUT2D eigenvalue weighted by atomic mass is 10.2.